The molecule has 0 N–H and O–H groups in total. The Bertz CT molecular complexity index is 354. The molecule has 1 heterocycles. The number of pyridine rings is 1. The molecule has 0 aliphatic heterocycles. The van der Waals surface area contributed by atoms with E-state index >= 15 is 0 Å². The quantitative estimate of drug-likeness (QED) is 0.454. The molecule has 1 aromatic heterocycles. The van der Waals surface area contributed by atoms with Crippen molar-refractivity contribution in [3.8, 4) is 0 Å². The van der Waals surface area contributed by atoms with Gasteiger partial charge in [0.2, 0.25) is 6.08 Å². The van der Waals surface area contributed by atoms with Gasteiger partial charge in [-0.1, -0.05) is 0 Å². The number of amides is 1. The molecule has 4 heteroatoms. The Kier molecular flexibility index (Phi) is 2.46. The van der Waals surface area contributed by atoms with Crippen molar-refractivity contribution in [3.05, 3.63) is 29.6 Å². The molecule has 4 nitrogen and oxygen atoms in total. The Morgan fingerprint density at radius 1 is 1.67 bits per heavy atom. The fourth-order valence-electron chi connectivity index (χ4n) is 0.812. The first-order valence-electron chi connectivity index (χ1n) is 3.29. The van der Waals surface area contributed by atoms with Crippen molar-refractivity contribution in [1.82, 2.24) is 4.98 Å². The molecule has 0 unspecified atom stereocenters. The predicted molar refractivity (Wildman–Crippen MR) is 41.4 cm³/mol. The van der Waals surface area contributed by atoms with Crippen molar-refractivity contribution in [2.75, 3.05) is 0 Å². The van der Waals surface area contributed by atoms with Gasteiger partial charge in [0.1, 0.15) is 0 Å². The molecule has 0 fully saturated rings. The van der Waals surface area contributed by atoms with E-state index in [-0.39, 0.29) is 0 Å². The van der Waals surface area contributed by atoms with Crippen LogP contribution >= 0.6 is 0 Å². The normalized spacial score (nSPS) is 8.75. The highest BCUT2D eigenvalue weighted by Crippen LogP contribution is 2.04. The first kappa shape index (κ1) is 8.30. The number of hydrogen-bond acceptors (Lipinski definition) is 3. The molecule has 0 saturated heterocycles. The van der Waals surface area contributed by atoms with E-state index in [0.717, 1.165) is 0 Å². The lowest BCUT2D eigenvalue weighted by molar-refractivity contribution is 0.100. The summed E-state index contributed by atoms with van der Waals surface area (Å²) in [5.74, 6) is -0.601. The zero-order chi connectivity index (χ0) is 8.97. The number of aromatic nitrogens is 1. The monoisotopic (exact) mass is 162 g/mol. The van der Waals surface area contributed by atoms with Crippen LogP contribution in [0.1, 0.15) is 16.1 Å². The number of rotatable bonds is 1. The minimum absolute atomic E-state index is 0.334. The minimum Gasteiger partial charge on any atom is -0.266 e. The molecule has 0 radical (unpaired) electrons. The van der Waals surface area contributed by atoms with Crippen LogP contribution in [-0.2, 0) is 4.79 Å². The van der Waals surface area contributed by atoms with Gasteiger partial charge in [0.25, 0.3) is 5.91 Å². The minimum atomic E-state index is -0.601. The average Bonchev–Trinajstić information content (AvgIpc) is 2.05. The van der Waals surface area contributed by atoms with Gasteiger partial charge in [0.15, 0.2) is 0 Å². The van der Waals surface area contributed by atoms with Gasteiger partial charge in [0, 0.05) is 6.20 Å². The van der Waals surface area contributed by atoms with E-state index in [9.17, 15) is 9.59 Å². The summed E-state index contributed by atoms with van der Waals surface area (Å²) in [6.07, 6.45) is 2.76. The van der Waals surface area contributed by atoms with E-state index in [2.05, 4.69) is 9.98 Å². The predicted octanol–water partition coefficient (Wildman–Crippen LogP) is 0.866. The lowest BCUT2D eigenvalue weighted by atomic mass is 10.2. The van der Waals surface area contributed by atoms with E-state index in [4.69, 9.17) is 0 Å². The lowest BCUT2D eigenvalue weighted by Crippen LogP contribution is -1.98. The summed E-state index contributed by atoms with van der Waals surface area (Å²) in [7, 11) is 0. The van der Waals surface area contributed by atoms with Gasteiger partial charge in [-0.05, 0) is 19.1 Å². The van der Waals surface area contributed by atoms with Crippen LogP contribution in [0.4, 0.5) is 0 Å². The summed E-state index contributed by atoms with van der Waals surface area (Å²) in [6, 6.07) is 3.17. The van der Waals surface area contributed by atoms with E-state index in [1.807, 2.05) is 0 Å². The largest absolute Gasteiger partial charge is 0.289 e. The molecule has 1 aromatic rings. The second kappa shape index (κ2) is 3.55. The molecule has 0 saturated carbocycles. The van der Waals surface area contributed by atoms with Gasteiger partial charge in [-0.25, -0.2) is 4.79 Å². The number of isocyanates is 1. The number of carbonyl (C=O) groups excluding carboxylic acids is 2. The van der Waals surface area contributed by atoms with Crippen LogP contribution in [0.5, 0.6) is 0 Å². The van der Waals surface area contributed by atoms with Crippen molar-refractivity contribution >= 4 is 12.0 Å². The Labute approximate surface area is 69.0 Å². The standard InChI is InChI=1S/C8H6N2O2/c1-6-7(3-2-4-9-6)8(12)10-5-11/h2-4H,1H3. The van der Waals surface area contributed by atoms with Gasteiger partial charge in [-0.2, -0.15) is 0 Å². The van der Waals surface area contributed by atoms with Crippen LogP contribution in [-0.4, -0.2) is 17.0 Å². The maximum atomic E-state index is 11.0. The first-order chi connectivity index (χ1) is 5.75. The van der Waals surface area contributed by atoms with Crippen molar-refractivity contribution < 1.29 is 9.59 Å². The van der Waals surface area contributed by atoms with Crippen LogP contribution in [0.2, 0.25) is 0 Å². The Morgan fingerprint density at radius 3 is 3.00 bits per heavy atom. The SMILES string of the molecule is Cc1ncccc1C(=O)N=C=O. The molecular weight excluding hydrogens is 156 g/mol. The molecule has 12 heavy (non-hydrogen) atoms. The zero-order valence-electron chi connectivity index (χ0n) is 6.44. The summed E-state index contributed by atoms with van der Waals surface area (Å²) >= 11 is 0. The second-order valence-electron chi connectivity index (χ2n) is 2.14. The van der Waals surface area contributed by atoms with Gasteiger partial charge < -0.3 is 0 Å². The van der Waals surface area contributed by atoms with Gasteiger partial charge in [-0.15, -0.1) is 4.99 Å². The van der Waals surface area contributed by atoms with E-state index < -0.39 is 5.91 Å². The summed E-state index contributed by atoms with van der Waals surface area (Å²) < 4.78 is 0. The summed E-state index contributed by atoms with van der Waals surface area (Å²) in [6.45, 7) is 1.67. The molecular formula is C8H6N2O2. The van der Waals surface area contributed by atoms with Gasteiger partial charge >= 0.3 is 0 Å². The Balaban J connectivity index is 3.11. The van der Waals surface area contributed by atoms with Crippen LogP contribution in [0.25, 0.3) is 0 Å². The fourth-order valence-corrected chi connectivity index (χ4v) is 0.812. The summed E-state index contributed by atoms with van der Waals surface area (Å²) in [5.41, 5.74) is 0.891. The zero-order valence-corrected chi connectivity index (χ0v) is 6.44. The third kappa shape index (κ3) is 1.62. The highest BCUT2D eigenvalue weighted by atomic mass is 16.2. The van der Waals surface area contributed by atoms with E-state index in [0.29, 0.717) is 11.3 Å². The number of aryl methyl sites for hydroxylation is 1. The summed E-state index contributed by atoms with van der Waals surface area (Å²) in [4.78, 5) is 27.6. The van der Waals surface area contributed by atoms with Crippen LogP contribution in [0.15, 0.2) is 23.3 Å². The second-order valence-corrected chi connectivity index (χ2v) is 2.14. The highest BCUT2D eigenvalue weighted by molar-refractivity contribution is 5.98. The van der Waals surface area contributed by atoms with Crippen molar-refractivity contribution in [3.63, 3.8) is 0 Å². The topological polar surface area (TPSA) is 59.4 Å². The maximum Gasteiger partial charge on any atom is 0.289 e. The molecule has 60 valence electrons. The van der Waals surface area contributed by atoms with Crippen LogP contribution in [0, 0.1) is 6.92 Å². The van der Waals surface area contributed by atoms with Crippen LogP contribution in [0.3, 0.4) is 0 Å². The van der Waals surface area contributed by atoms with Crippen LogP contribution < -0.4 is 0 Å². The molecule has 0 spiro atoms. The Hall–Kier alpha value is -1.80. The summed E-state index contributed by atoms with van der Waals surface area (Å²) in [5, 5.41) is 0. The Morgan fingerprint density at radius 2 is 2.42 bits per heavy atom. The molecule has 0 aromatic carbocycles. The third-order valence-corrected chi connectivity index (χ3v) is 1.38. The smallest absolute Gasteiger partial charge is 0.266 e. The molecule has 1 amide bonds. The molecule has 0 aliphatic carbocycles. The lowest BCUT2D eigenvalue weighted by Gasteiger charge is -1.95. The van der Waals surface area contributed by atoms with Crippen molar-refractivity contribution in [2.45, 2.75) is 6.92 Å². The van der Waals surface area contributed by atoms with Crippen molar-refractivity contribution in [1.29, 1.82) is 0 Å². The first-order valence-corrected chi connectivity index (χ1v) is 3.29. The highest BCUT2D eigenvalue weighted by Gasteiger charge is 2.06. The average molecular weight is 162 g/mol. The fraction of sp³-hybridized carbons (Fsp3) is 0.125. The van der Waals surface area contributed by atoms with Crippen molar-refractivity contribution in [2.24, 2.45) is 4.99 Å². The van der Waals surface area contributed by atoms with Gasteiger partial charge in [0.05, 0.1) is 11.3 Å². The molecule has 0 bridgehead atoms. The van der Waals surface area contributed by atoms with E-state index in [1.165, 1.54) is 6.08 Å². The number of carbonyl (C=O) groups is 1. The third-order valence-electron chi connectivity index (χ3n) is 1.38. The number of nitrogens with zero attached hydrogens (tertiary/aromatic N) is 2. The van der Waals surface area contributed by atoms with Gasteiger partial charge in [-0.3, -0.25) is 9.78 Å². The number of aliphatic imine (C=N–C) groups is 1. The molecule has 0 aliphatic rings. The maximum absolute atomic E-state index is 11.0. The van der Waals surface area contributed by atoms with E-state index in [1.54, 1.807) is 25.3 Å². The molecule has 0 atom stereocenters. The molecule has 1 rings (SSSR count). The number of hydrogen-bond donors (Lipinski definition) is 0.